The summed E-state index contributed by atoms with van der Waals surface area (Å²) in [6.07, 6.45) is 0. The van der Waals surface area contributed by atoms with Crippen LogP contribution in [0.4, 0.5) is 4.79 Å². The predicted octanol–water partition coefficient (Wildman–Crippen LogP) is 0.0578. The number of urea groups is 1. The zero-order chi connectivity index (χ0) is 14.0. The molecule has 0 unspecified atom stereocenters. The van der Waals surface area contributed by atoms with Gasteiger partial charge in [-0.1, -0.05) is 13.8 Å². The lowest BCUT2D eigenvalue weighted by Gasteiger charge is -2.18. The smallest absolute Gasteiger partial charge is 0.326 e. The Balaban J connectivity index is 3.72. The van der Waals surface area contributed by atoms with Crippen LogP contribution in [0.25, 0.3) is 0 Å². The van der Waals surface area contributed by atoms with Gasteiger partial charge in [0.25, 0.3) is 0 Å². The van der Waals surface area contributed by atoms with Gasteiger partial charge in [-0.2, -0.15) is 0 Å². The molecule has 18 heavy (non-hydrogen) atoms. The molecule has 0 aromatic carbocycles. The average molecular weight is 262 g/mol. The highest BCUT2D eigenvalue weighted by molar-refractivity contribution is 5.82. The van der Waals surface area contributed by atoms with Crippen molar-refractivity contribution in [1.29, 1.82) is 0 Å². The van der Waals surface area contributed by atoms with Gasteiger partial charge in [-0.05, 0) is 5.92 Å². The van der Waals surface area contributed by atoms with Crippen molar-refractivity contribution in [2.45, 2.75) is 19.9 Å². The fourth-order valence-corrected chi connectivity index (χ4v) is 1.19. The summed E-state index contributed by atoms with van der Waals surface area (Å²) in [5, 5.41) is 13.8. The number of carbonyl (C=O) groups is 2. The molecule has 0 aromatic rings. The molecule has 0 aliphatic heterocycles. The van der Waals surface area contributed by atoms with Crippen LogP contribution >= 0.6 is 0 Å². The Labute approximate surface area is 107 Å². The Hall–Kier alpha value is -1.34. The van der Waals surface area contributed by atoms with Crippen molar-refractivity contribution in [3.8, 4) is 0 Å². The van der Waals surface area contributed by atoms with Crippen molar-refractivity contribution in [2.75, 3.05) is 33.5 Å². The molecule has 1 atom stereocenters. The van der Waals surface area contributed by atoms with Gasteiger partial charge in [-0.15, -0.1) is 0 Å². The van der Waals surface area contributed by atoms with Crippen molar-refractivity contribution in [3.05, 3.63) is 0 Å². The minimum absolute atomic E-state index is 0.175. The van der Waals surface area contributed by atoms with E-state index in [1.807, 2.05) is 0 Å². The quantitative estimate of drug-likeness (QED) is 0.510. The molecule has 0 aromatic heterocycles. The largest absolute Gasteiger partial charge is 0.480 e. The molecule has 0 rings (SSSR count). The minimum Gasteiger partial charge on any atom is -0.480 e. The molecule has 106 valence electrons. The van der Waals surface area contributed by atoms with Gasteiger partial charge in [0.1, 0.15) is 6.04 Å². The van der Waals surface area contributed by atoms with E-state index in [0.717, 1.165) is 0 Å². The van der Waals surface area contributed by atoms with E-state index in [1.54, 1.807) is 21.0 Å². The zero-order valence-electron chi connectivity index (χ0n) is 11.1. The summed E-state index contributed by atoms with van der Waals surface area (Å²) in [6, 6.07) is -1.40. The molecular formula is C11H22N2O5. The first-order valence-corrected chi connectivity index (χ1v) is 5.83. The highest BCUT2D eigenvalue weighted by Crippen LogP contribution is 2.00. The summed E-state index contributed by atoms with van der Waals surface area (Å²) in [6.45, 7) is 5.10. The molecule has 0 bridgehead atoms. The highest BCUT2D eigenvalue weighted by atomic mass is 16.5. The third kappa shape index (κ3) is 7.86. The number of rotatable bonds is 9. The van der Waals surface area contributed by atoms with Crippen LogP contribution in [0.15, 0.2) is 0 Å². The molecule has 0 aliphatic carbocycles. The van der Waals surface area contributed by atoms with Gasteiger partial charge in [0.05, 0.1) is 19.8 Å². The lowest BCUT2D eigenvalue weighted by Crippen LogP contribution is -2.49. The standard InChI is InChI=1S/C11H22N2O5/c1-8(2)9(10(14)15)13-11(16)12-4-5-18-7-6-17-3/h8-9H,4-7H2,1-3H3,(H,14,15)(H2,12,13,16)/t9-/m0/s1. The number of nitrogens with one attached hydrogen (secondary N) is 2. The lowest BCUT2D eigenvalue weighted by molar-refractivity contribution is -0.140. The molecule has 7 nitrogen and oxygen atoms in total. The number of carboxylic acids is 1. The molecule has 0 spiro atoms. The molecule has 0 radical (unpaired) electrons. The molecule has 0 saturated carbocycles. The predicted molar refractivity (Wildman–Crippen MR) is 65.5 cm³/mol. The maximum Gasteiger partial charge on any atom is 0.326 e. The van der Waals surface area contributed by atoms with Gasteiger partial charge in [-0.3, -0.25) is 0 Å². The first-order chi connectivity index (χ1) is 8.49. The summed E-state index contributed by atoms with van der Waals surface area (Å²) < 4.78 is 9.93. The summed E-state index contributed by atoms with van der Waals surface area (Å²) >= 11 is 0. The van der Waals surface area contributed by atoms with Crippen LogP contribution in [-0.4, -0.2) is 56.6 Å². The topological polar surface area (TPSA) is 96.9 Å². The molecule has 0 aliphatic rings. The van der Waals surface area contributed by atoms with Crippen molar-refractivity contribution < 1.29 is 24.2 Å². The number of carboxylic acid groups (broad SMARTS) is 1. The Morgan fingerprint density at radius 1 is 1.22 bits per heavy atom. The van der Waals surface area contributed by atoms with E-state index < -0.39 is 18.0 Å². The van der Waals surface area contributed by atoms with Crippen LogP contribution in [0, 0.1) is 5.92 Å². The first kappa shape index (κ1) is 16.7. The van der Waals surface area contributed by atoms with Gasteiger partial charge < -0.3 is 25.2 Å². The molecular weight excluding hydrogens is 240 g/mol. The number of amides is 2. The van der Waals surface area contributed by atoms with Crippen LogP contribution in [0.5, 0.6) is 0 Å². The van der Waals surface area contributed by atoms with E-state index >= 15 is 0 Å². The van der Waals surface area contributed by atoms with Crippen molar-refractivity contribution in [1.82, 2.24) is 10.6 Å². The fraction of sp³-hybridized carbons (Fsp3) is 0.818. The number of carbonyl (C=O) groups excluding carboxylic acids is 1. The summed E-state index contributed by atoms with van der Waals surface area (Å²) in [5.74, 6) is -1.22. The van der Waals surface area contributed by atoms with Crippen molar-refractivity contribution >= 4 is 12.0 Å². The zero-order valence-corrected chi connectivity index (χ0v) is 11.1. The Bertz CT molecular complexity index is 258. The van der Waals surface area contributed by atoms with E-state index in [0.29, 0.717) is 26.4 Å². The SMILES string of the molecule is COCCOCCNC(=O)N[C@H](C(=O)O)C(C)C. The Kier molecular flexibility index (Phi) is 8.95. The van der Waals surface area contributed by atoms with Gasteiger partial charge in [-0.25, -0.2) is 9.59 Å². The molecule has 2 amide bonds. The highest BCUT2D eigenvalue weighted by Gasteiger charge is 2.22. The second-order valence-electron chi connectivity index (χ2n) is 4.07. The minimum atomic E-state index is -1.04. The number of hydrogen-bond donors (Lipinski definition) is 3. The van der Waals surface area contributed by atoms with E-state index in [1.165, 1.54) is 0 Å². The van der Waals surface area contributed by atoms with Crippen molar-refractivity contribution in [3.63, 3.8) is 0 Å². The summed E-state index contributed by atoms with van der Waals surface area (Å²) in [7, 11) is 1.58. The van der Waals surface area contributed by atoms with Crippen LogP contribution < -0.4 is 10.6 Å². The molecule has 0 heterocycles. The number of ether oxygens (including phenoxy) is 2. The van der Waals surface area contributed by atoms with Crippen LogP contribution in [0.2, 0.25) is 0 Å². The Morgan fingerprint density at radius 3 is 2.39 bits per heavy atom. The van der Waals surface area contributed by atoms with E-state index in [-0.39, 0.29) is 5.92 Å². The lowest BCUT2D eigenvalue weighted by atomic mass is 10.1. The van der Waals surface area contributed by atoms with E-state index in [4.69, 9.17) is 14.6 Å². The van der Waals surface area contributed by atoms with Gasteiger partial charge in [0.2, 0.25) is 0 Å². The second-order valence-corrected chi connectivity index (χ2v) is 4.07. The number of hydrogen-bond acceptors (Lipinski definition) is 4. The normalized spacial score (nSPS) is 12.2. The molecule has 0 fully saturated rings. The van der Waals surface area contributed by atoms with Gasteiger partial charge in [0.15, 0.2) is 0 Å². The maximum absolute atomic E-state index is 11.4. The number of aliphatic carboxylic acids is 1. The van der Waals surface area contributed by atoms with Crippen LogP contribution in [0.3, 0.4) is 0 Å². The third-order valence-electron chi connectivity index (χ3n) is 2.18. The molecule has 3 N–H and O–H groups in total. The maximum atomic E-state index is 11.4. The average Bonchev–Trinajstić information content (AvgIpc) is 2.29. The van der Waals surface area contributed by atoms with Gasteiger partial charge >= 0.3 is 12.0 Å². The molecule has 0 saturated heterocycles. The van der Waals surface area contributed by atoms with E-state index in [9.17, 15) is 9.59 Å². The third-order valence-corrected chi connectivity index (χ3v) is 2.18. The Morgan fingerprint density at radius 2 is 1.89 bits per heavy atom. The van der Waals surface area contributed by atoms with Crippen molar-refractivity contribution in [2.24, 2.45) is 5.92 Å². The fourth-order valence-electron chi connectivity index (χ4n) is 1.19. The van der Waals surface area contributed by atoms with Gasteiger partial charge in [0, 0.05) is 13.7 Å². The molecule has 7 heteroatoms. The van der Waals surface area contributed by atoms with Crippen LogP contribution in [-0.2, 0) is 14.3 Å². The monoisotopic (exact) mass is 262 g/mol. The van der Waals surface area contributed by atoms with Crippen LogP contribution in [0.1, 0.15) is 13.8 Å². The summed E-state index contributed by atoms with van der Waals surface area (Å²) in [4.78, 5) is 22.2. The number of methoxy groups -OCH3 is 1. The van der Waals surface area contributed by atoms with E-state index in [2.05, 4.69) is 10.6 Å². The first-order valence-electron chi connectivity index (χ1n) is 5.83. The second kappa shape index (κ2) is 9.67. The summed E-state index contributed by atoms with van der Waals surface area (Å²) in [5.41, 5.74) is 0.